The topological polar surface area (TPSA) is 66.0 Å². The Bertz CT molecular complexity index is 963. The van der Waals surface area contributed by atoms with Gasteiger partial charge in [-0.05, 0) is 23.6 Å². The second-order valence-electron chi connectivity index (χ2n) is 5.06. The molecule has 0 amide bonds. The molecule has 126 valence electrons. The van der Waals surface area contributed by atoms with E-state index in [4.69, 9.17) is 9.26 Å². The van der Waals surface area contributed by atoms with Crippen molar-refractivity contribution in [1.82, 2.24) is 19.7 Å². The van der Waals surface area contributed by atoms with E-state index in [-0.39, 0.29) is 0 Å². The first-order valence-corrected chi connectivity index (χ1v) is 9.37. The number of nitrogens with zero attached hydrogens (tertiary/aromatic N) is 4. The highest BCUT2D eigenvalue weighted by Crippen LogP contribution is 2.27. The average molecular weight is 370 g/mol. The van der Waals surface area contributed by atoms with Gasteiger partial charge < -0.3 is 9.26 Å². The molecule has 0 atom stereocenters. The van der Waals surface area contributed by atoms with E-state index in [1.165, 1.54) is 0 Å². The van der Waals surface area contributed by atoms with Crippen LogP contribution < -0.4 is 4.74 Å². The first-order chi connectivity index (χ1) is 12.3. The molecule has 0 fully saturated rings. The van der Waals surface area contributed by atoms with Crippen molar-refractivity contribution in [2.24, 2.45) is 0 Å². The Hall–Kier alpha value is -2.58. The summed E-state index contributed by atoms with van der Waals surface area (Å²) < 4.78 is 12.6. The predicted molar refractivity (Wildman–Crippen MR) is 97.3 cm³/mol. The molecule has 0 radical (unpaired) electrons. The highest BCUT2D eigenvalue weighted by molar-refractivity contribution is 7.98. The number of rotatable bonds is 6. The first kappa shape index (κ1) is 15.9. The Labute approximate surface area is 152 Å². The van der Waals surface area contributed by atoms with Crippen molar-refractivity contribution in [3.63, 3.8) is 0 Å². The molecule has 8 heteroatoms. The minimum atomic E-state index is 0.555. The summed E-state index contributed by atoms with van der Waals surface area (Å²) in [7, 11) is 1.66. The molecule has 0 saturated carbocycles. The van der Waals surface area contributed by atoms with Crippen molar-refractivity contribution in [2.75, 3.05) is 7.11 Å². The van der Waals surface area contributed by atoms with Crippen LogP contribution in [0, 0.1) is 0 Å². The molecule has 25 heavy (non-hydrogen) atoms. The van der Waals surface area contributed by atoms with Crippen LogP contribution in [0.25, 0.3) is 16.4 Å². The maximum atomic E-state index is 5.34. The Morgan fingerprint density at radius 3 is 3.08 bits per heavy atom. The third-order valence-corrected chi connectivity index (χ3v) is 5.29. The molecule has 0 spiro atoms. The fourth-order valence-corrected chi connectivity index (χ4v) is 3.76. The normalized spacial score (nSPS) is 10.9. The lowest BCUT2D eigenvalue weighted by atomic mass is 10.3. The zero-order valence-electron chi connectivity index (χ0n) is 13.3. The van der Waals surface area contributed by atoms with Gasteiger partial charge in [-0.3, -0.25) is 4.57 Å². The number of methoxy groups -OCH3 is 1. The minimum absolute atomic E-state index is 0.555. The molecule has 4 rings (SSSR count). The number of aromatic nitrogens is 4. The van der Waals surface area contributed by atoms with E-state index in [9.17, 15) is 0 Å². The van der Waals surface area contributed by atoms with E-state index in [0.717, 1.165) is 21.5 Å². The number of ether oxygens (including phenoxy) is 1. The third-order valence-electron chi connectivity index (χ3n) is 3.47. The highest BCUT2D eigenvalue weighted by atomic mass is 32.2. The van der Waals surface area contributed by atoms with Gasteiger partial charge in [-0.2, -0.15) is 4.98 Å². The molecule has 0 aliphatic heterocycles. The summed E-state index contributed by atoms with van der Waals surface area (Å²) in [4.78, 5) is 9.85. The number of hydrogen-bond donors (Lipinski definition) is 0. The number of thiophene rings is 1. The maximum absolute atomic E-state index is 5.34. The highest BCUT2D eigenvalue weighted by Gasteiger charge is 2.12. The van der Waals surface area contributed by atoms with Gasteiger partial charge in [0.15, 0.2) is 5.16 Å². The average Bonchev–Trinajstić information content (AvgIpc) is 3.40. The van der Waals surface area contributed by atoms with Gasteiger partial charge >= 0.3 is 0 Å². The lowest BCUT2D eigenvalue weighted by Gasteiger charge is -2.08. The van der Waals surface area contributed by atoms with Crippen LogP contribution in [0.3, 0.4) is 0 Å². The molecule has 0 aliphatic carbocycles. The molecular weight excluding hydrogens is 356 g/mol. The van der Waals surface area contributed by atoms with Crippen LogP contribution in [0.4, 0.5) is 0 Å². The van der Waals surface area contributed by atoms with Crippen molar-refractivity contribution < 1.29 is 9.26 Å². The van der Waals surface area contributed by atoms with Crippen molar-refractivity contribution in [3.8, 4) is 22.1 Å². The number of benzene rings is 1. The summed E-state index contributed by atoms with van der Waals surface area (Å²) in [6.07, 6.45) is 3.69. The van der Waals surface area contributed by atoms with Crippen LogP contribution in [-0.2, 0) is 5.75 Å². The molecule has 4 aromatic rings. The second kappa shape index (κ2) is 7.12. The molecule has 0 N–H and O–H groups in total. The third kappa shape index (κ3) is 3.45. The Morgan fingerprint density at radius 1 is 1.28 bits per heavy atom. The van der Waals surface area contributed by atoms with Gasteiger partial charge in [0.25, 0.3) is 0 Å². The van der Waals surface area contributed by atoms with Crippen LogP contribution >= 0.6 is 23.1 Å². The van der Waals surface area contributed by atoms with E-state index in [1.54, 1.807) is 36.4 Å². The van der Waals surface area contributed by atoms with Crippen LogP contribution in [0.15, 0.2) is 63.9 Å². The maximum Gasteiger partial charge on any atom is 0.237 e. The van der Waals surface area contributed by atoms with Gasteiger partial charge in [0.2, 0.25) is 11.7 Å². The largest absolute Gasteiger partial charge is 0.497 e. The quantitative estimate of drug-likeness (QED) is 0.472. The summed E-state index contributed by atoms with van der Waals surface area (Å²) in [5.74, 6) is 2.56. The van der Waals surface area contributed by atoms with E-state index in [0.29, 0.717) is 17.5 Å². The smallest absolute Gasteiger partial charge is 0.237 e. The fourth-order valence-electron chi connectivity index (χ4n) is 2.30. The van der Waals surface area contributed by atoms with Crippen LogP contribution in [0.1, 0.15) is 5.89 Å². The summed E-state index contributed by atoms with van der Waals surface area (Å²) >= 11 is 3.13. The molecule has 0 bridgehead atoms. The van der Waals surface area contributed by atoms with Gasteiger partial charge in [0.05, 0.1) is 23.4 Å². The summed E-state index contributed by atoms with van der Waals surface area (Å²) in [5.41, 5.74) is 0.990. The van der Waals surface area contributed by atoms with Crippen LogP contribution in [-0.4, -0.2) is 26.8 Å². The monoisotopic (exact) mass is 370 g/mol. The van der Waals surface area contributed by atoms with E-state index >= 15 is 0 Å². The van der Waals surface area contributed by atoms with Crippen LogP contribution in [0.5, 0.6) is 5.75 Å². The minimum Gasteiger partial charge on any atom is -0.497 e. The van der Waals surface area contributed by atoms with Gasteiger partial charge in [0, 0.05) is 18.5 Å². The Balaban J connectivity index is 1.50. The molecule has 3 aromatic heterocycles. The SMILES string of the molecule is COc1cccc(-n2ccnc2SCc2nc(-c3cccs3)no2)c1. The molecule has 0 unspecified atom stereocenters. The number of hydrogen-bond acceptors (Lipinski definition) is 7. The fraction of sp³-hybridized carbons (Fsp3) is 0.118. The van der Waals surface area contributed by atoms with Crippen molar-refractivity contribution in [1.29, 1.82) is 0 Å². The predicted octanol–water partition coefficient (Wildman–Crippen LogP) is 4.28. The van der Waals surface area contributed by atoms with Gasteiger partial charge in [0.1, 0.15) is 5.75 Å². The van der Waals surface area contributed by atoms with Gasteiger partial charge in [-0.15, -0.1) is 11.3 Å². The number of thioether (sulfide) groups is 1. The van der Waals surface area contributed by atoms with Crippen LogP contribution in [0.2, 0.25) is 0 Å². The zero-order chi connectivity index (χ0) is 17.1. The molecule has 0 aliphatic rings. The molecule has 0 saturated heterocycles. The summed E-state index contributed by atoms with van der Waals surface area (Å²) in [5, 5.41) is 6.87. The first-order valence-electron chi connectivity index (χ1n) is 7.50. The lowest BCUT2D eigenvalue weighted by Crippen LogP contribution is -1.96. The second-order valence-corrected chi connectivity index (χ2v) is 6.95. The van der Waals surface area contributed by atoms with Gasteiger partial charge in [-0.25, -0.2) is 4.98 Å². The summed E-state index contributed by atoms with van der Waals surface area (Å²) in [6, 6.07) is 11.8. The van der Waals surface area contributed by atoms with E-state index < -0.39 is 0 Å². The van der Waals surface area contributed by atoms with Crippen molar-refractivity contribution >= 4 is 23.1 Å². The Morgan fingerprint density at radius 2 is 2.24 bits per heavy atom. The summed E-state index contributed by atoms with van der Waals surface area (Å²) in [6.45, 7) is 0. The number of imidazole rings is 1. The lowest BCUT2D eigenvalue weighted by molar-refractivity contribution is 0.391. The van der Waals surface area contributed by atoms with Crippen molar-refractivity contribution in [3.05, 3.63) is 60.1 Å². The van der Waals surface area contributed by atoms with E-state index in [1.807, 2.05) is 52.5 Å². The van der Waals surface area contributed by atoms with Crippen molar-refractivity contribution in [2.45, 2.75) is 10.9 Å². The Kier molecular flexibility index (Phi) is 4.53. The molecule has 1 aromatic carbocycles. The van der Waals surface area contributed by atoms with Gasteiger partial charge in [-0.1, -0.05) is 29.1 Å². The molecule has 3 heterocycles. The molecular formula is C17H14N4O2S2. The molecule has 6 nitrogen and oxygen atoms in total. The zero-order valence-corrected chi connectivity index (χ0v) is 15.0. The van der Waals surface area contributed by atoms with E-state index in [2.05, 4.69) is 15.1 Å². The standard InChI is InChI=1S/C17H14N4O2S2/c1-22-13-5-2-4-12(10-13)21-8-7-18-17(21)25-11-15-19-16(20-23-15)14-6-3-9-24-14/h2-10H,11H2,1H3.